The molecule has 4 nitrogen and oxygen atoms in total. The van der Waals surface area contributed by atoms with Crippen molar-refractivity contribution < 1.29 is 22.8 Å². The van der Waals surface area contributed by atoms with Crippen LogP contribution in [-0.4, -0.2) is 35.5 Å². The van der Waals surface area contributed by atoms with E-state index >= 15 is 0 Å². The minimum Gasteiger partial charge on any atom is -0.338 e. The van der Waals surface area contributed by atoms with E-state index in [-0.39, 0.29) is 5.91 Å². The van der Waals surface area contributed by atoms with Crippen molar-refractivity contribution in [2.75, 3.05) is 11.9 Å². The number of rotatable bonds is 4. The van der Waals surface area contributed by atoms with Crippen molar-refractivity contribution in [3.8, 4) is 0 Å². The van der Waals surface area contributed by atoms with E-state index < -0.39 is 36.4 Å². The van der Waals surface area contributed by atoms with Gasteiger partial charge in [-0.15, -0.1) is 0 Å². The molecule has 25 heavy (non-hydrogen) atoms. The van der Waals surface area contributed by atoms with Gasteiger partial charge in [0.15, 0.2) is 0 Å². The summed E-state index contributed by atoms with van der Waals surface area (Å²) in [7, 11) is 0. The molecule has 2 aliphatic heterocycles. The molecule has 0 aromatic heterocycles. The van der Waals surface area contributed by atoms with E-state index in [1.165, 1.54) is 4.90 Å². The summed E-state index contributed by atoms with van der Waals surface area (Å²) in [5, 5.41) is 2.88. The van der Waals surface area contributed by atoms with Crippen molar-refractivity contribution in [2.24, 2.45) is 0 Å². The van der Waals surface area contributed by atoms with Gasteiger partial charge in [0.05, 0.1) is 17.9 Å². The molecule has 0 aliphatic carbocycles. The predicted molar refractivity (Wildman–Crippen MR) is 87.1 cm³/mol. The summed E-state index contributed by atoms with van der Waals surface area (Å²) in [5.74, 6) is -0.678. The van der Waals surface area contributed by atoms with Gasteiger partial charge in [0, 0.05) is 18.7 Å². The first-order valence-electron chi connectivity index (χ1n) is 8.57. The number of amides is 2. The fourth-order valence-corrected chi connectivity index (χ4v) is 4.17. The second-order valence-corrected chi connectivity index (χ2v) is 6.73. The van der Waals surface area contributed by atoms with Crippen LogP contribution in [0.2, 0.25) is 0 Å². The Morgan fingerprint density at radius 2 is 2.08 bits per heavy atom. The smallest absolute Gasteiger partial charge is 0.338 e. The van der Waals surface area contributed by atoms with Crippen LogP contribution in [0.4, 0.5) is 18.9 Å². The zero-order valence-electron chi connectivity index (χ0n) is 14.0. The van der Waals surface area contributed by atoms with Gasteiger partial charge in [0.2, 0.25) is 11.8 Å². The Morgan fingerprint density at radius 3 is 2.76 bits per heavy atom. The molecule has 0 saturated carbocycles. The molecule has 3 rings (SSSR count). The van der Waals surface area contributed by atoms with Gasteiger partial charge in [-0.2, -0.15) is 13.2 Å². The number of likely N-dealkylation sites (tertiary alicyclic amines) is 1. The molecule has 136 valence electrons. The number of anilines is 1. The quantitative estimate of drug-likeness (QED) is 0.898. The van der Waals surface area contributed by atoms with Crippen LogP contribution >= 0.6 is 0 Å². The van der Waals surface area contributed by atoms with Gasteiger partial charge in [-0.05, 0) is 24.5 Å². The van der Waals surface area contributed by atoms with Crippen LogP contribution in [0, 0.1) is 0 Å². The average molecular weight is 354 g/mol. The molecule has 2 heterocycles. The van der Waals surface area contributed by atoms with E-state index in [9.17, 15) is 22.8 Å². The predicted octanol–water partition coefficient (Wildman–Crippen LogP) is 3.62. The topological polar surface area (TPSA) is 49.4 Å². The summed E-state index contributed by atoms with van der Waals surface area (Å²) in [5.41, 5.74) is 0.739. The highest BCUT2D eigenvalue weighted by atomic mass is 19.4. The first-order chi connectivity index (χ1) is 11.8. The molecule has 1 aromatic rings. The zero-order chi connectivity index (χ0) is 18.2. The molecule has 1 saturated heterocycles. The van der Waals surface area contributed by atoms with Gasteiger partial charge in [-0.3, -0.25) is 9.59 Å². The second-order valence-electron chi connectivity index (χ2n) is 6.73. The Bertz CT molecular complexity index is 689. The summed E-state index contributed by atoms with van der Waals surface area (Å²) in [6.07, 6.45) is -4.28. The summed E-state index contributed by atoms with van der Waals surface area (Å²) in [6, 6.07) is 6.96. The van der Waals surface area contributed by atoms with Crippen molar-refractivity contribution in [3.63, 3.8) is 0 Å². The average Bonchev–Trinajstić information content (AvgIpc) is 3.06. The molecular formula is C18H21F3N2O2. The number of alkyl halides is 3. The molecule has 1 aromatic carbocycles. The van der Waals surface area contributed by atoms with Gasteiger partial charge in [0.25, 0.3) is 0 Å². The van der Waals surface area contributed by atoms with Crippen LogP contribution in [0.5, 0.6) is 0 Å². The van der Waals surface area contributed by atoms with Crippen molar-refractivity contribution >= 4 is 17.5 Å². The SMILES string of the molecule is CCC[C@@H]1N(C(=O)CCC(F)(F)F)CC[C@@]12C(=O)Nc1ccccc12. The lowest BCUT2D eigenvalue weighted by molar-refractivity contribution is -0.150. The highest BCUT2D eigenvalue weighted by Crippen LogP contribution is 2.49. The minimum atomic E-state index is -4.36. The maximum Gasteiger partial charge on any atom is 0.389 e. The van der Waals surface area contributed by atoms with Crippen LogP contribution in [0.25, 0.3) is 0 Å². The molecule has 2 atom stereocenters. The number of carbonyl (C=O) groups is 2. The lowest BCUT2D eigenvalue weighted by Crippen LogP contribution is -2.48. The molecule has 0 bridgehead atoms. The number of halogens is 3. The summed E-state index contributed by atoms with van der Waals surface area (Å²) in [4.78, 5) is 26.7. The number of fused-ring (bicyclic) bond motifs is 2. The van der Waals surface area contributed by atoms with Crippen LogP contribution in [0.1, 0.15) is 44.6 Å². The standard InChI is InChI=1S/C18H21F3N2O2/c1-2-5-14-17(12-6-3-4-7-13(12)22-16(17)25)10-11-23(14)15(24)8-9-18(19,20)21/h3-4,6-7,14H,2,5,8-11H2,1H3,(H,22,25)/t14-,17-/m0/s1. The maximum atomic E-state index is 12.8. The third kappa shape index (κ3) is 3.00. The van der Waals surface area contributed by atoms with Crippen molar-refractivity contribution in [1.29, 1.82) is 0 Å². The van der Waals surface area contributed by atoms with Crippen LogP contribution in [-0.2, 0) is 15.0 Å². The molecular weight excluding hydrogens is 333 g/mol. The number of para-hydroxylation sites is 1. The van der Waals surface area contributed by atoms with Gasteiger partial charge in [-0.1, -0.05) is 31.5 Å². The Hall–Kier alpha value is -2.05. The molecule has 7 heteroatoms. The molecule has 0 radical (unpaired) electrons. The van der Waals surface area contributed by atoms with Crippen molar-refractivity contribution in [1.82, 2.24) is 4.90 Å². The summed E-state index contributed by atoms with van der Waals surface area (Å²) < 4.78 is 37.4. The largest absolute Gasteiger partial charge is 0.389 e. The monoisotopic (exact) mass is 354 g/mol. The second kappa shape index (κ2) is 6.35. The van der Waals surface area contributed by atoms with Crippen LogP contribution < -0.4 is 5.32 Å². The normalized spacial score (nSPS) is 25.4. The highest BCUT2D eigenvalue weighted by Gasteiger charge is 2.58. The van der Waals surface area contributed by atoms with Gasteiger partial charge < -0.3 is 10.2 Å². The maximum absolute atomic E-state index is 12.8. The third-order valence-corrected chi connectivity index (χ3v) is 5.26. The van der Waals surface area contributed by atoms with E-state index in [0.29, 0.717) is 19.4 Å². The fourth-order valence-electron chi connectivity index (χ4n) is 4.17. The molecule has 2 amide bonds. The van der Waals surface area contributed by atoms with Crippen molar-refractivity contribution in [3.05, 3.63) is 29.8 Å². The highest BCUT2D eigenvalue weighted by molar-refractivity contribution is 6.07. The third-order valence-electron chi connectivity index (χ3n) is 5.26. The Labute approximate surface area is 144 Å². The van der Waals surface area contributed by atoms with Gasteiger partial charge in [0.1, 0.15) is 0 Å². The minimum absolute atomic E-state index is 0.154. The molecule has 1 fully saturated rings. The zero-order valence-corrected chi connectivity index (χ0v) is 14.0. The van der Waals surface area contributed by atoms with Crippen LogP contribution in [0.15, 0.2) is 24.3 Å². The lowest BCUT2D eigenvalue weighted by atomic mass is 9.73. The Morgan fingerprint density at radius 1 is 1.36 bits per heavy atom. The van der Waals surface area contributed by atoms with Gasteiger partial charge >= 0.3 is 6.18 Å². The fraction of sp³-hybridized carbons (Fsp3) is 0.556. The van der Waals surface area contributed by atoms with E-state index in [2.05, 4.69) is 5.32 Å². The first kappa shape index (κ1) is 17.8. The number of hydrogen-bond donors (Lipinski definition) is 1. The summed E-state index contributed by atoms with van der Waals surface area (Å²) >= 11 is 0. The number of carbonyl (C=O) groups excluding carboxylic acids is 2. The van der Waals surface area contributed by atoms with Crippen LogP contribution in [0.3, 0.4) is 0 Å². The van der Waals surface area contributed by atoms with E-state index in [4.69, 9.17) is 0 Å². The van der Waals surface area contributed by atoms with Gasteiger partial charge in [-0.25, -0.2) is 0 Å². The lowest BCUT2D eigenvalue weighted by Gasteiger charge is -2.34. The number of nitrogens with zero attached hydrogens (tertiary/aromatic N) is 1. The summed E-state index contributed by atoms with van der Waals surface area (Å²) in [6.45, 7) is 2.26. The molecule has 2 aliphatic rings. The van der Waals surface area contributed by atoms with E-state index in [0.717, 1.165) is 17.7 Å². The molecule has 1 N–H and O–H groups in total. The first-order valence-corrected chi connectivity index (χ1v) is 8.57. The van der Waals surface area contributed by atoms with E-state index in [1.807, 2.05) is 31.2 Å². The molecule has 1 spiro atoms. The molecule has 0 unspecified atom stereocenters. The Kier molecular flexibility index (Phi) is 4.51. The van der Waals surface area contributed by atoms with E-state index in [1.54, 1.807) is 0 Å². The number of hydrogen-bond acceptors (Lipinski definition) is 2. The Balaban J connectivity index is 1.90. The van der Waals surface area contributed by atoms with Crippen molar-refractivity contribution in [2.45, 2.75) is 56.7 Å². The number of nitrogens with one attached hydrogen (secondary N) is 1. The number of benzene rings is 1.